The molecule has 0 heterocycles. The van der Waals surface area contributed by atoms with Crippen molar-refractivity contribution in [2.75, 3.05) is 5.73 Å². The Hall–Kier alpha value is -1.59. The molecule has 0 unspecified atom stereocenters. The van der Waals surface area contributed by atoms with Crippen LogP contribution < -0.4 is 15.2 Å². The van der Waals surface area contributed by atoms with Gasteiger partial charge in [-0.3, -0.25) is 0 Å². The number of hydrogen-bond acceptors (Lipinski definition) is 3. The van der Waals surface area contributed by atoms with E-state index < -0.39 is 6.36 Å². The van der Waals surface area contributed by atoms with Gasteiger partial charge in [0, 0.05) is 6.07 Å². The number of rotatable bonds is 3. The van der Waals surface area contributed by atoms with E-state index in [0.29, 0.717) is 5.69 Å². The number of nitrogen functional groups attached to an aromatic ring is 1. The summed E-state index contributed by atoms with van der Waals surface area (Å²) in [6, 6.07) is 3.64. The lowest BCUT2D eigenvalue weighted by Crippen LogP contribution is -2.17. The average molecular weight is 233 g/mol. The Bertz CT molecular complexity index is 388. The smallest absolute Gasteiger partial charge is 0.488 e. The largest absolute Gasteiger partial charge is 0.573 e. The summed E-state index contributed by atoms with van der Waals surface area (Å²) in [5, 5.41) is 0. The van der Waals surface area contributed by atoms with Gasteiger partial charge < -0.3 is 15.2 Å². The van der Waals surface area contributed by atoms with Crippen LogP contribution in [0.2, 0.25) is 0 Å². The van der Waals surface area contributed by atoms with E-state index in [2.05, 4.69) is 4.74 Å². The number of anilines is 1. The number of ether oxygens (including phenoxy) is 2. The Morgan fingerprint density at radius 1 is 1.25 bits per heavy atom. The summed E-state index contributed by atoms with van der Waals surface area (Å²) in [7, 11) is 0. The van der Waals surface area contributed by atoms with Crippen LogP contribution in [0.25, 0.3) is 0 Å². The molecule has 0 radical (unpaired) electrons. The monoisotopic (exact) mass is 233 g/mol. The van der Waals surface area contributed by atoms with Crippen LogP contribution in [-0.2, 0) is 0 Å². The first-order valence-corrected chi connectivity index (χ1v) is 4.76. The van der Waals surface area contributed by atoms with Crippen molar-refractivity contribution < 1.29 is 22.6 Å². The first kappa shape index (κ1) is 10.9. The molecular weight excluding hydrogens is 223 g/mol. The molecule has 1 aliphatic rings. The number of benzene rings is 1. The molecule has 16 heavy (non-hydrogen) atoms. The Morgan fingerprint density at radius 3 is 2.50 bits per heavy atom. The van der Waals surface area contributed by atoms with Gasteiger partial charge >= 0.3 is 6.36 Å². The second kappa shape index (κ2) is 3.77. The summed E-state index contributed by atoms with van der Waals surface area (Å²) in [4.78, 5) is 0. The van der Waals surface area contributed by atoms with Crippen LogP contribution in [0.15, 0.2) is 18.2 Å². The van der Waals surface area contributed by atoms with Crippen LogP contribution in [0.5, 0.6) is 11.5 Å². The van der Waals surface area contributed by atoms with Crippen molar-refractivity contribution in [1.29, 1.82) is 0 Å². The topological polar surface area (TPSA) is 44.5 Å². The Balaban J connectivity index is 2.14. The second-order valence-corrected chi connectivity index (χ2v) is 3.56. The van der Waals surface area contributed by atoms with Crippen molar-refractivity contribution in [3.63, 3.8) is 0 Å². The van der Waals surface area contributed by atoms with E-state index in [1.807, 2.05) is 0 Å². The van der Waals surface area contributed by atoms with E-state index in [9.17, 15) is 13.2 Å². The van der Waals surface area contributed by atoms with Gasteiger partial charge in [0.2, 0.25) is 0 Å². The molecule has 2 N–H and O–H groups in total. The Morgan fingerprint density at radius 2 is 1.94 bits per heavy atom. The zero-order valence-corrected chi connectivity index (χ0v) is 8.25. The number of halogens is 3. The van der Waals surface area contributed by atoms with Crippen molar-refractivity contribution in [3.05, 3.63) is 18.2 Å². The highest BCUT2D eigenvalue weighted by Crippen LogP contribution is 2.34. The highest BCUT2D eigenvalue weighted by Gasteiger charge is 2.31. The van der Waals surface area contributed by atoms with Crippen LogP contribution in [0.3, 0.4) is 0 Å². The summed E-state index contributed by atoms with van der Waals surface area (Å²) < 4.78 is 45.0. The van der Waals surface area contributed by atoms with Crippen molar-refractivity contribution >= 4 is 5.69 Å². The number of alkyl halides is 3. The van der Waals surface area contributed by atoms with Gasteiger partial charge in [-0.1, -0.05) is 0 Å². The summed E-state index contributed by atoms with van der Waals surface area (Å²) in [5.41, 5.74) is 5.87. The molecule has 0 saturated heterocycles. The zero-order valence-electron chi connectivity index (χ0n) is 8.25. The molecule has 1 aromatic rings. The molecule has 0 amide bonds. The minimum atomic E-state index is -4.70. The third-order valence-electron chi connectivity index (χ3n) is 2.04. The van der Waals surface area contributed by atoms with Crippen LogP contribution in [0.4, 0.5) is 18.9 Å². The number of hydrogen-bond donors (Lipinski definition) is 1. The molecule has 2 rings (SSSR count). The van der Waals surface area contributed by atoms with E-state index in [-0.39, 0.29) is 17.6 Å². The van der Waals surface area contributed by atoms with Gasteiger partial charge in [-0.25, -0.2) is 0 Å². The third kappa shape index (κ3) is 2.95. The molecule has 1 saturated carbocycles. The Labute approximate surface area is 89.9 Å². The SMILES string of the molecule is Nc1ccc(OC(F)(F)F)cc1OC1CC1. The fourth-order valence-corrected chi connectivity index (χ4v) is 1.18. The maximum absolute atomic E-state index is 12.0. The predicted octanol–water partition coefficient (Wildman–Crippen LogP) is 2.71. The Kier molecular flexibility index (Phi) is 2.57. The summed E-state index contributed by atoms with van der Waals surface area (Å²) in [6.07, 6.45) is -2.82. The minimum Gasteiger partial charge on any atom is -0.488 e. The molecule has 1 aliphatic carbocycles. The van der Waals surface area contributed by atoms with Gasteiger partial charge in [0.05, 0.1) is 11.8 Å². The first-order valence-electron chi connectivity index (χ1n) is 4.76. The predicted molar refractivity (Wildman–Crippen MR) is 51.2 cm³/mol. The molecule has 88 valence electrons. The zero-order chi connectivity index (χ0) is 11.8. The van der Waals surface area contributed by atoms with Gasteiger partial charge in [-0.2, -0.15) is 0 Å². The van der Waals surface area contributed by atoms with Crippen molar-refractivity contribution in [1.82, 2.24) is 0 Å². The van der Waals surface area contributed by atoms with Gasteiger partial charge in [0.1, 0.15) is 11.5 Å². The normalized spacial score (nSPS) is 15.9. The second-order valence-electron chi connectivity index (χ2n) is 3.56. The van der Waals surface area contributed by atoms with E-state index in [1.165, 1.54) is 6.07 Å². The van der Waals surface area contributed by atoms with E-state index >= 15 is 0 Å². The van der Waals surface area contributed by atoms with Gasteiger partial charge in [0.15, 0.2) is 0 Å². The molecule has 3 nitrogen and oxygen atoms in total. The van der Waals surface area contributed by atoms with Crippen LogP contribution in [0, 0.1) is 0 Å². The van der Waals surface area contributed by atoms with Gasteiger partial charge in [-0.05, 0) is 25.0 Å². The molecule has 0 bridgehead atoms. The quantitative estimate of drug-likeness (QED) is 0.816. The highest BCUT2D eigenvalue weighted by atomic mass is 19.4. The summed E-state index contributed by atoms with van der Waals surface area (Å²) in [6.45, 7) is 0. The van der Waals surface area contributed by atoms with Crippen molar-refractivity contribution in [2.45, 2.75) is 25.3 Å². The molecule has 1 fully saturated rings. The molecular formula is C10H10F3NO2. The average Bonchev–Trinajstić information content (AvgIpc) is 2.92. The maximum atomic E-state index is 12.0. The third-order valence-corrected chi connectivity index (χ3v) is 2.04. The van der Waals surface area contributed by atoms with E-state index in [4.69, 9.17) is 10.5 Å². The van der Waals surface area contributed by atoms with E-state index in [1.54, 1.807) is 0 Å². The van der Waals surface area contributed by atoms with E-state index in [0.717, 1.165) is 25.0 Å². The van der Waals surface area contributed by atoms with Crippen molar-refractivity contribution in [2.24, 2.45) is 0 Å². The molecule has 6 heteroatoms. The number of nitrogens with two attached hydrogens (primary N) is 1. The first-order chi connectivity index (χ1) is 7.44. The van der Waals surface area contributed by atoms with Crippen LogP contribution in [0.1, 0.15) is 12.8 Å². The van der Waals surface area contributed by atoms with Gasteiger partial charge in [-0.15, -0.1) is 13.2 Å². The fourth-order valence-electron chi connectivity index (χ4n) is 1.18. The van der Waals surface area contributed by atoms with Crippen LogP contribution in [-0.4, -0.2) is 12.5 Å². The molecule has 0 atom stereocenters. The minimum absolute atomic E-state index is 0.0726. The molecule has 1 aromatic carbocycles. The molecule has 0 aliphatic heterocycles. The molecule has 0 aromatic heterocycles. The van der Waals surface area contributed by atoms with Crippen molar-refractivity contribution in [3.8, 4) is 11.5 Å². The lowest BCUT2D eigenvalue weighted by atomic mass is 10.3. The summed E-state index contributed by atoms with van der Waals surface area (Å²) in [5.74, 6) is -0.0819. The fraction of sp³-hybridized carbons (Fsp3) is 0.400. The molecule has 0 spiro atoms. The highest BCUT2D eigenvalue weighted by molar-refractivity contribution is 5.55. The standard InChI is InChI=1S/C10H10F3NO2/c11-10(12,13)16-7-3-4-8(14)9(5-7)15-6-1-2-6/h3-6H,1-2,14H2. The van der Waals surface area contributed by atoms with Crippen LogP contribution >= 0.6 is 0 Å². The lowest BCUT2D eigenvalue weighted by molar-refractivity contribution is -0.274. The van der Waals surface area contributed by atoms with Gasteiger partial charge in [0.25, 0.3) is 0 Å². The lowest BCUT2D eigenvalue weighted by Gasteiger charge is -2.12. The maximum Gasteiger partial charge on any atom is 0.573 e. The summed E-state index contributed by atoms with van der Waals surface area (Å²) >= 11 is 0.